The molecule has 1 atom stereocenters. The van der Waals surface area contributed by atoms with E-state index in [0.717, 1.165) is 22.7 Å². The van der Waals surface area contributed by atoms with Gasteiger partial charge < -0.3 is 5.73 Å². The summed E-state index contributed by atoms with van der Waals surface area (Å²) < 4.78 is 0. The van der Waals surface area contributed by atoms with Gasteiger partial charge in [-0.2, -0.15) is 0 Å². The second-order valence-electron chi connectivity index (χ2n) is 3.57. The maximum atomic E-state index is 5.72. The minimum atomic E-state index is 0.161. The van der Waals surface area contributed by atoms with Crippen molar-refractivity contribution in [3.05, 3.63) is 35.6 Å². The van der Waals surface area contributed by atoms with Crippen LogP contribution in [0.15, 0.2) is 29.9 Å². The predicted octanol–water partition coefficient (Wildman–Crippen LogP) is 2.09. The van der Waals surface area contributed by atoms with E-state index < -0.39 is 0 Å². The molecule has 4 heteroatoms. The van der Waals surface area contributed by atoms with Crippen LogP contribution in [0.3, 0.4) is 0 Å². The normalized spacial score (nSPS) is 12.7. The van der Waals surface area contributed by atoms with E-state index in [1.807, 2.05) is 25.3 Å². The molecular weight excluding hydrogens is 206 g/mol. The molecule has 0 aliphatic carbocycles. The monoisotopic (exact) mass is 219 g/mol. The van der Waals surface area contributed by atoms with Crippen molar-refractivity contribution in [1.29, 1.82) is 0 Å². The van der Waals surface area contributed by atoms with Crippen molar-refractivity contribution in [2.24, 2.45) is 5.73 Å². The van der Waals surface area contributed by atoms with Crippen molar-refractivity contribution in [1.82, 2.24) is 9.97 Å². The van der Waals surface area contributed by atoms with Crippen LogP contribution < -0.4 is 5.73 Å². The Morgan fingerprint density at radius 3 is 3.07 bits per heavy atom. The summed E-state index contributed by atoms with van der Waals surface area (Å²) in [6, 6.07) is 4.09. The third kappa shape index (κ3) is 2.61. The summed E-state index contributed by atoms with van der Waals surface area (Å²) in [7, 11) is 0. The largest absolute Gasteiger partial charge is 0.328 e. The highest BCUT2D eigenvalue weighted by atomic mass is 32.1. The van der Waals surface area contributed by atoms with E-state index in [0.29, 0.717) is 0 Å². The summed E-state index contributed by atoms with van der Waals surface area (Å²) in [4.78, 5) is 8.59. The summed E-state index contributed by atoms with van der Waals surface area (Å²) >= 11 is 1.64. The summed E-state index contributed by atoms with van der Waals surface area (Å²) in [5, 5.41) is 3.07. The summed E-state index contributed by atoms with van der Waals surface area (Å²) in [5.74, 6) is 0. The molecular formula is C11H13N3S. The van der Waals surface area contributed by atoms with E-state index >= 15 is 0 Å². The molecule has 0 aliphatic heterocycles. The second-order valence-corrected chi connectivity index (χ2v) is 4.43. The average Bonchev–Trinajstić information content (AvgIpc) is 2.67. The topological polar surface area (TPSA) is 51.8 Å². The van der Waals surface area contributed by atoms with Crippen LogP contribution in [0.1, 0.15) is 12.6 Å². The van der Waals surface area contributed by atoms with Crippen molar-refractivity contribution in [3.8, 4) is 10.6 Å². The Labute approximate surface area is 93.0 Å². The van der Waals surface area contributed by atoms with Crippen LogP contribution in [0.5, 0.6) is 0 Å². The molecule has 0 amide bonds. The smallest absolute Gasteiger partial charge is 0.125 e. The van der Waals surface area contributed by atoms with E-state index in [2.05, 4.69) is 15.3 Å². The van der Waals surface area contributed by atoms with E-state index in [1.54, 1.807) is 17.5 Å². The molecule has 0 fully saturated rings. The molecule has 0 radical (unpaired) electrons. The number of aromatic nitrogens is 2. The average molecular weight is 219 g/mol. The first-order valence-corrected chi connectivity index (χ1v) is 5.74. The number of pyridine rings is 1. The Morgan fingerprint density at radius 1 is 1.53 bits per heavy atom. The maximum absolute atomic E-state index is 5.72. The molecule has 15 heavy (non-hydrogen) atoms. The fourth-order valence-electron chi connectivity index (χ4n) is 1.35. The maximum Gasteiger partial charge on any atom is 0.125 e. The highest BCUT2D eigenvalue weighted by Crippen LogP contribution is 2.22. The molecule has 0 aliphatic rings. The molecule has 3 nitrogen and oxygen atoms in total. The predicted molar refractivity (Wildman–Crippen MR) is 62.7 cm³/mol. The van der Waals surface area contributed by atoms with Gasteiger partial charge in [0.25, 0.3) is 0 Å². The van der Waals surface area contributed by atoms with Crippen molar-refractivity contribution in [2.45, 2.75) is 19.4 Å². The van der Waals surface area contributed by atoms with Gasteiger partial charge in [-0.3, -0.25) is 4.98 Å². The number of nitrogens with zero attached hydrogens (tertiary/aromatic N) is 2. The van der Waals surface area contributed by atoms with Crippen molar-refractivity contribution in [2.75, 3.05) is 0 Å². The molecule has 0 spiro atoms. The Morgan fingerprint density at radius 2 is 2.40 bits per heavy atom. The molecule has 78 valence electrons. The summed E-state index contributed by atoms with van der Waals surface area (Å²) in [5.41, 5.74) is 7.86. The van der Waals surface area contributed by atoms with Gasteiger partial charge in [-0.05, 0) is 19.1 Å². The summed E-state index contributed by atoms with van der Waals surface area (Å²) in [6.07, 6.45) is 4.42. The summed E-state index contributed by atoms with van der Waals surface area (Å²) in [6.45, 7) is 1.99. The van der Waals surface area contributed by atoms with Crippen LogP contribution >= 0.6 is 11.3 Å². The van der Waals surface area contributed by atoms with Crippen LogP contribution in [0.25, 0.3) is 10.6 Å². The number of hydrogen-bond acceptors (Lipinski definition) is 4. The fraction of sp³-hybridized carbons (Fsp3) is 0.273. The van der Waals surface area contributed by atoms with Crippen molar-refractivity contribution < 1.29 is 0 Å². The highest BCUT2D eigenvalue weighted by Gasteiger charge is 2.05. The molecule has 2 aromatic rings. The number of hydrogen-bond donors (Lipinski definition) is 1. The fourth-order valence-corrected chi connectivity index (χ4v) is 2.18. The Balaban J connectivity index is 2.21. The van der Waals surface area contributed by atoms with Crippen LogP contribution in [-0.4, -0.2) is 16.0 Å². The zero-order valence-corrected chi connectivity index (χ0v) is 9.37. The van der Waals surface area contributed by atoms with Crippen LogP contribution in [0, 0.1) is 0 Å². The number of rotatable bonds is 3. The van der Waals surface area contributed by atoms with Crippen LogP contribution in [-0.2, 0) is 6.42 Å². The zero-order chi connectivity index (χ0) is 10.7. The molecule has 2 N–H and O–H groups in total. The van der Waals surface area contributed by atoms with E-state index in [4.69, 9.17) is 5.73 Å². The molecule has 0 saturated carbocycles. The standard InChI is InChI=1S/C11H13N3S/c1-8(12)5-10-7-15-11(14-10)9-3-2-4-13-6-9/h2-4,6-8H,5,12H2,1H3. The Kier molecular flexibility index (Phi) is 3.08. The number of thiazole rings is 1. The lowest BCUT2D eigenvalue weighted by Gasteiger charge is -1.99. The molecule has 2 rings (SSSR count). The molecule has 1 unspecified atom stereocenters. The minimum Gasteiger partial charge on any atom is -0.328 e. The van der Waals surface area contributed by atoms with Gasteiger partial charge in [0.2, 0.25) is 0 Å². The third-order valence-corrected chi connectivity index (χ3v) is 2.93. The lowest BCUT2D eigenvalue weighted by molar-refractivity contribution is 0.726. The Hall–Kier alpha value is -1.26. The van der Waals surface area contributed by atoms with Gasteiger partial charge in [0.15, 0.2) is 0 Å². The SMILES string of the molecule is CC(N)Cc1csc(-c2cccnc2)n1. The first kappa shape index (κ1) is 10.3. The second kappa shape index (κ2) is 4.51. The Bertz CT molecular complexity index is 422. The molecule has 2 heterocycles. The van der Waals surface area contributed by atoms with Gasteiger partial charge in [-0.1, -0.05) is 0 Å². The van der Waals surface area contributed by atoms with Gasteiger partial charge in [0.05, 0.1) is 5.69 Å². The van der Waals surface area contributed by atoms with E-state index in [9.17, 15) is 0 Å². The third-order valence-electron chi connectivity index (χ3n) is 1.99. The van der Waals surface area contributed by atoms with Crippen molar-refractivity contribution >= 4 is 11.3 Å². The van der Waals surface area contributed by atoms with Crippen LogP contribution in [0.4, 0.5) is 0 Å². The van der Waals surface area contributed by atoms with Crippen LogP contribution in [0.2, 0.25) is 0 Å². The van der Waals surface area contributed by atoms with E-state index in [-0.39, 0.29) is 6.04 Å². The lowest BCUT2D eigenvalue weighted by atomic mass is 10.2. The van der Waals surface area contributed by atoms with Gasteiger partial charge in [0, 0.05) is 35.8 Å². The van der Waals surface area contributed by atoms with Gasteiger partial charge in [0.1, 0.15) is 5.01 Å². The highest BCUT2D eigenvalue weighted by molar-refractivity contribution is 7.13. The molecule has 2 aromatic heterocycles. The molecule has 0 bridgehead atoms. The number of nitrogens with two attached hydrogens (primary N) is 1. The van der Waals surface area contributed by atoms with Crippen molar-refractivity contribution in [3.63, 3.8) is 0 Å². The molecule has 0 saturated heterocycles. The van der Waals surface area contributed by atoms with Gasteiger partial charge in [-0.15, -0.1) is 11.3 Å². The zero-order valence-electron chi connectivity index (χ0n) is 8.55. The lowest BCUT2D eigenvalue weighted by Crippen LogP contribution is -2.17. The minimum absolute atomic E-state index is 0.161. The first-order chi connectivity index (χ1) is 7.25. The van der Waals surface area contributed by atoms with E-state index in [1.165, 1.54) is 0 Å². The van der Waals surface area contributed by atoms with Gasteiger partial charge in [-0.25, -0.2) is 4.98 Å². The quantitative estimate of drug-likeness (QED) is 0.860. The van der Waals surface area contributed by atoms with Gasteiger partial charge >= 0.3 is 0 Å². The molecule has 0 aromatic carbocycles. The first-order valence-electron chi connectivity index (χ1n) is 4.86.